The lowest BCUT2D eigenvalue weighted by Crippen LogP contribution is -2.38. The molecule has 1 aliphatic rings. The number of methoxy groups -OCH3 is 1. The molecule has 0 radical (unpaired) electrons. The number of unbranched alkanes of at least 4 members (excludes halogenated alkanes) is 3. The summed E-state index contributed by atoms with van der Waals surface area (Å²) in [7, 11) is 0.975. The average molecular weight is 539 g/mol. The summed E-state index contributed by atoms with van der Waals surface area (Å²) in [5, 5.41) is 3.16. The summed E-state index contributed by atoms with van der Waals surface area (Å²) in [5.41, 5.74) is -2.06. The number of esters is 2. The number of dihydropyridines is 1. The minimum atomic E-state index is -4.89. The number of ether oxygens (including phenoxy) is 2. The van der Waals surface area contributed by atoms with Crippen LogP contribution in [0.5, 0.6) is 0 Å². The molecular weight excluding hydrogens is 515 g/mol. The molecule has 32 heavy (non-hydrogen) atoms. The van der Waals surface area contributed by atoms with E-state index >= 15 is 0 Å². The van der Waals surface area contributed by atoms with Crippen LogP contribution < -0.4 is 5.32 Å². The lowest BCUT2D eigenvalue weighted by molar-refractivity contribution is -0.140. The minimum Gasteiger partial charge on any atom is -0.466 e. The van der Waals surface area contributed by atoms with E-state index in [-0.39, 0.29) is 28.5 Å². The van der Waals surface area contributed by atoms with Crippen LogP contribution in [0.3, 0.4) is 0 Å². The second-order valence-corrected chi connectivity index (χ2v) is 8.34. The number of hydrogen-bond acceptors (Lipinski definition) is 5. The Hall–Kier alpha value is -2.00. The van der Waals surface area contributed by atoms with Crippen molar-refractivity contribution in [2.75, 3.05) is 19.0 Å². The number of halogens is 5. The number of hydrogen-bond donors (Lipinski definition) is 1. The molecule has 0 spiro atoms. The maximum atomic E-state index is 13.8. The number of alkyl halides is 4. The highest BCUT2D eigenvalue weighted by Gasteiger charge is 2.47. The molecule has 0 aliphatic carbocycles. The van der Waals surface area contributed by atoms with Gasteiger partial charge in [-0.2, -0.15) is 13.2 Å². The van der Waals surface area contributed by atoms with Crippen LogP contribution in [0.15, 0.2) is 46.8 Å². The van der Waals surface area contributed by atoms with Crippen LogP contribution in [0.4, 0.5) is 13.2 Å². The van der Waals surface area contributed by atoms with E-state index in [1.807, 2.05) is 0 Å². The van der Waals surface area contributed by atoms with Gasteiger partial charge in [-0.3, -0.25) is 0 Å². The van der Waals surface area contributed by atoms with Gasteiger partial charge < -0.3 is 14.8 Å². The van der Waals surface area contributed by atoms with Crippen molar-refractivity contribution in [2.45, 2.75) is 44.7 Å². The number of rotatable bonds is 9. The number of carbonyl (C=O) groups excluding carboxylic acids is 2. The van der Waals surface area contributed by atoms with Gasteiger partial charge in [0.2, 0.25) is 0 Å². The summed E-state index contributed by atoms with van der Waals surface area (Å²) in [6.45, 7) is 1.44. The summed E-state index contributed by atoms with van der Waals surface area (Å²) < 4.78 is 51.5. The van der Waals surface area contributed by atoms with E-state index in [0.717, 1.165) is 31.7 Å². The SMILES string of the molecule is COC(=O)C1=C(C(F)(F)F)NC(C)=C(C(=O)OCCCCCCBr)C1c1ccccc1Cl. The molecule has 0 aromatic heterocycles. The summed E-state index contributed by atoms with van der Waals surface area (Å²) in [6.07, 6.45) is -1.49. The molecule has 1 heterocycles. The van der Waals surface area contributed by atoms with Crippen molar-refractivity contribution in [1.82, 2.24) is 5.32 Å². The summed E-state index contributed by atoms with van der Waals surface area (Å²) in [5.74, 6) is -3.44. The van der Waals surface area contributed by atoms with Crippen LogP contribution in [-0.4, -0.2) is 37.2 Å². The summed E-state index contributed by atoms with van der Waals surface area (Å²) in [6, 6.07) is 6.10. The fourth-order valence-corrected chi connectivity index (χ4v) is 4.11. The summed E-state index contributed by atoms with van der Waals surface area (Å²) in [4.78, 5) is 25.5. The Bertz CT molecular complexity index is 915. The van der Waals surface area contributed by atoms with E-state index in [0.29, 0.717) is 6.42 Å². The molecular formula is C22H24BrClF3NO4. The lowest BCUT2D eigenvalue weighted by atomic mass is 9.80. The molecule has 176 valence electrons. The van der Waals surface area contributed by atoms with E-state index in [1.54, 1.807) is 12.1 Å². The first-order chi connectivity index (χ1) is 15.1. The third kappa shape index (κ3) is 6.28. The van der Waals surface area contributed by atoms with Crippen molar-refractivity contribution in [1.29, 1.82) is 0 Å². The van der Waals surface area contributed by atoms with Gasteiger partial charge in [-0.05, 0) is 31.4 Å². The van der Waals surface area contributed by atoms with Crippen LogP contribution in [-0.2, 0) is 19.1 Å². The van der Waals surface area contributed by atoms with Crippen molar-refractivity contribution in [2.24, 2.45) is 0 Å². The molecule has 1 unspecified atom stereocenters. The highest BCUT2D eigenvalue weighted by atomic mass is 79.9. The van der Waals surface area contributed by atoms with Crippen molar-refractivity contribution < 1.29 is 32.2 Å². The van der Waals surface area contributed by atoms with Crippen molar-refractivity contribution in [3.05, 3.63) is 57.4 Å². The van der Waals surface area contributed by atoms with E-state index in [2.05, 4.69) is 26.0 Å². The topological polar surface area (TPSA) is 64.6 Å². The van der Waals surface area contributed by atoms with Crippen molar-refractivity contribution in [3.8, 4) is 0 Å². The fraction of sp³-hybridized carbons (Fsp3) is 0.455. The van der Waals surface area contributed by atoms with Crippen LogP contribution in [0.2, 0.25) is 5.02 Å². The Kier molecular flexibility index (Phi) is 9.64. The Morgan fingerprint density at radius 3 is 2.34 bits per heavy atom. The third-order valence-electron chi connectivity index (χ3n) is 4.95. The van der Waals surface area contributed by atoms with Gasteiger partial charge in [0.15, 0.2) is 0 Å². The second kappa shape index (κ2) is 11.7. The Labute approximate surface area is 198 Å². The molecule has 5 nitrogen and oxygen atoms in total. The quantitative estimate of drug-likeness (QED) is 0.245. The first kappa shape index (κ1) is 26.3. The average Bonchev–Trinajstić information content (AvgIpc) is 2.74. The molecule has 2 rings (SSSR count). The molecule has 0 saturated carbocycles. The predicted molar refractivity (Wildman–Crippen MR) is 118 cm³/mol. The second-order valence-electron chi connectivity index (χ2n) is 7.14. The summed E-state index contributed by atoms with van der Waals surface area (Å²) >= 11 is 9.62. The van der Waals surface area contributed by atoms with Gasteiger partial charge in [0.05, 0.1) is 30.8 Å². The van der Waals surface area contributed by atoms with E-state index < -0.39 is 35.3 Å². The van der Waals surface area contributed by atoms with Crippen LogP contribution in [0.25, 0.3) is 0 Å². The maximum Gasteiger partial charge on any atom is 0.431 e. The highest BCUT2D eigenvalue weighted by Crippen LogP contribution is 2.45. The first-order valence-corrected chi connectivity index (χ1v) is 11.5. The number of carbonyl (C=O) groups is 2. The maximum absolute atomic E-state index is 13.8. The monoisotopic (exact) mass is 537 g/mol. The van der Waals surface area contributed by atoms with Gasteiger partial charge in [0, 0.05) is 16.0 Å². The van der Waals surface area contributed by atoms with E-state index in [4.69, 9.17) is 16.3 Å². The van der Waals surface area contributed by atoms with Crippen molar-refractivity contribution in [3.63, 3.8) is 0 Å². The zero-order valence-corrected chi connectivity index (χ0v) is 20.0. The Morgan fingerprint density at radius 1 is 1.09 bits per heavy atom. The van der Waals surface area contributed by atoms with E-state index in [1.165, 1.54) is 19.1 Å². The Morgan fingerprint density at radius 2 is 1.75 bits per heavy atom. The third-order valence-corrected chi connectivity index (χ3v) is 5.85. The molecule has 0 fully saturated rings. The van der Waals surface area contributed by atoms with E-state index in [9.17, 15) is 22.8 Å². The van der Waals surface area contributed by atoms with Gasteiger partial charge in [-0.1, -0.05) is 58.6 Å². The first-order valence-electron chi connectivity index (χ1n) is 9.98. The Balaban J connectivity index is 2.49. The molecule has 0 saturated heterocycles. The van der Waals surface area contributed by atoms with Gasteiger partial charge >= 0.3 is 18.1 Å². The largest absolute Gasteiger partial charge is 0.466 e. The molecule has 1 atom stereocenters. The molecule has 1 aromatic carbocycles. The molecule has 10 heteroatoms. The van der Waals surface area contributed by atoms with Gasteiger partial charge in [0.1, 0.15) is 5.70 Å². The number of nitrogens with one attached hydrogen (secondary N) is 1. The molecule has 1 aliphatic heterocycles. The molecule has 0 amide bonds. The lowest BCUT2D eigenvalue weighted by Gasteiger charge is -2.32. The van der Waals surface area contributed by atoms with Gasteiger partial charge in [-0.25, -0.2) is 9.59 Å². The molecule has 1 N–H and O–H groups in total. The zero-order chi connectivity index (χ0) is 23.9. The van der Waals surface area contributed by atoms with Gasteiger partial charge in [0.25, 0.3) is 0 Å². The van der Waals surface area contributed by atoms with Crippen molar-refractivity contribution >= 4 is 39.5 Å². The minimum absolute atomic E-state index is 0.0702. The van der Waals surface area contributed by atoms with Crippen LogP contribution in [0, 0.1) is 0 Å². The normalized spacial score (nSPS) is 16.7. The van der Waals surface area contributed by atoms with Gasteiger partial charge in [-0.15, -0.1) is 0 Å². The highest BCUT2D eigenvalue weighted by molar-refractivity contribution is 9.09. The smallest absolute Gasteiger partial charge is 0.431 e. The number of allylic oxidation sites excluding steroid dienone is 2. The standard InChI is InChI=1S/C22H24BrClF3NO4/c1-13-16(21(30)32-12-8-4-3-7-11-23)17(14-9-5-6-10-15(14)24)18(20(29)31-2)19(28-13)22(25,26)27/h5-6,9-10,17,28H,3-4,7-8,11-12H2,1-2H3. The molecule has 1 aromatic rings. The number of benzene rings is 1. The fourth-order valence-electron chi connectivity index (χ4n) is 3.46. The van der Waals surface area contributed by atoms with Crippen LogP contribution >= 0.6 is 27.5 Å². The molecule has 0 bridgehead atoms. The van der Waals surface area contributed by atoms with Crippen LogP contribution in [0.1, 0.15) is 44.1 Å². The predicted octanol–water partition coefficient (Wildman–Crippen LogP) is 5.79. The zero-order valence-electron chi connectivity index (χ0n) is 17.7.